The van der Waals surface area contributed by atoms with Crippen LogP contribution in [0.1, 0.15) is 19.1 Å². The van der Waals surface area contributed by atoms with Crippen molar-refractivity contribution in [3.8, 4) is 11.3 Å². The predicted octanol–water partition coefficient (Wildman–Crippen LogP) is 3.99. The lowest BCUT2D eigenvalue weighted by Gasteiger charge is -2.12. The first-order chi connectivity index (χ1) is 9.22. The van der Waals surface area contributed by atoms with Gasteiger partial charge in [0.1, 0.15) is 11.5 Å². The van der Waals surface area contributed by atoms with Gasteiger partial charge in [-0.15, -0.1) is 12.4 Å². The fourth-order valence-corrected chi connectivity index (χ4v) is 2.09. The number of benzene rings is 1. The molecule has 1 aromatic heterocycles. The summed E-state index contributed by atoms with van der Waals surface area (Å²) < 4.78 is 6.84. The number of rotatable bonds is 6. The van der Waals surface area contributed by atoms with E-state index in [1.807, 2.05) is 43.3 Å². The van der Waals surface area contributed by atoms with Crippen molar-refractivity contribution in [2.75, 3.05) is 6.61 Å². The smallest absolute Gasteiger partial charge is 0.134 e. The minimum Gasteiger partial charge on any atom is -0.460 e. The Morgan fingerprint density at radius 2 is 1.90 bits per heavy atom. The molecular formula is C15H19BrClNO2. The van der Waals surface area contributed by atoms with Gasteiger partial charge in [-0.25, -0.2) is 0 Å². The third-order valence-corrected chi connectivity index (χ3v) is 3.60. The minimum atomic E-state index is 0. The van der Waals surface area contributed by atoms with Gasteiger partial charge in [0.05, 0.1) is 13.2 Å². The predicted molar refractivity (Wildman–Crippen MR) is 87.1 cm³/mol. The first-order valence-corrected chi connectivity index (χ1v) is 7.21. The van der Waals surface area contributed by atoms with E-state index < -0.39 is 0 Å². The molecule has 20 heavy (non-hydrogen) atoms. The Morgan fingerprint density at radius 1 is 1.20 bits per heavy atom. The highest BCUT2D eigenvalue weighted by atomic mass is 79.9. The van der Waals surface area contributed by atoms with Gasteiger partial charge >= 0.3 is 0 Å². The van der Waals surface area contributed by atoms with Gasteiger partial charge in [0.25, 0.3) is 0 Å². The summed E-state index contributed by atoms with van der Waals surface area (Å²) in [7, 11) is 0. The highest BCUT2D eigenvalue weighted by molar-refractivity contribution is 9.10. The normalized spacial score (nSPS) is 11.9. The van der Waals surface area contributed by atoms with E-state index in [-0.39, 0.29) is 25.1 Å². The van der Waals surface area contributed by atoms with E-state index in [0.717, 1.165) is 28.0 Å². The molecule has 0 radical (unpaired) electrons. The topological polar surface area (TPSA) is 45.4 Å². The second-order valence-corrected chi connectivity index (χ2v) is 5.36. The molecule has 1 atom stereocenters. The van der Waals surface area contributed by atoms with Crippen LogP contribution in [0.2, 0.25) is 0 Å². The minimum absolute atomic E-state index is 0. The maximum absolute atomic E-state index is 9.12. The maximum atomic E-state index is 9.12. The third-order valence-electron chi connectivity index (χ3n) is 3.07. The lowest BCUT2D eigenvalue weighted by Crippen LogP contribution is -2.30. The molecule has 0 spiro atoms. The Bertz CT molecular complexity index is 509. The van der Waals surface area contributed by atoms with Crippen molar-refractivity contribution in [3.63, 3.8) is 0 Å². The first-order valence-electron chi connectivity index (χ1n) is 6.41. The molecule has 0 aliphatic carbocycles. The lowest BCUT2D eigenvalue weighted by molar-refractivity contribution is 0.235. The van der Waals surface area contributed by atoms with E-state index in [9.17, 15) is 0 Å². The van der Waals surface area contributed by atoms with Crippen LogP contribution in [0.5, 0.6) is 0 Å². The Hall–Kier alpha value is -0.810. The van der Waals surface area contributed by atoms with Crippen LogP contribution in [0.3, 0.4) is 0 Å². The van der Waals surface area contributed by atoms with Crippen molar-refractivity contribution >= 4 is 28.3 Å². The Kier molecular flexibility index (Phi) is 7.30. The largest absolute Gasteiger partial charge is 0.460 e. The zero-order valence-corrected chi connectivity index (χ0v) is 13.7. The Labute approximate surface area is 133 Å². The molecule has 1 unspecified atom stereocenters. The zero-order valence-electron chi connectivity index (χ0n) is 11.3. The van der Waals surface area contributed by atoms with Crippen LogP contribution in [0.4, 0.5) is 0 Å². The quantitative estimate of drug-likeness (QED) is 0.818. The Morgan fingerprint density at radius 3 is 2.50 bits per heavy atom. The number of furan rings is 1. The molecule has 2 N–H and O–H groups in total. The molecule has 0 saturated heterocycles. The van der Waals surface area contributed by atoms with Crippen LogP contribution in [-0.2, 0) is 6.54 Å². The average Bonchev–Trinajstić information content (AvgIpc) is 2.89. The standard InChI is InChI=1S/C15H18BrNO2.ClH/c1-2-13(10-18)17-9-14-7-8-15(19-14)11-3-5-12(16)6-4-11;/h3-8,13,17-18H,2,9-10H2,1H3;1H. The molecule has 2 aromatic rings. The highest BCUT2D eigenvalue weighted by Crippen LogP contribution is 2.23. The van der Waals surface area contributed by atoms with Crippen LogP contribution in [-0.4, -0.2) is 17.8 Å². The van der Waals surface area contributed by atoms with Crippen molar-refractivity contribution in [2.45, 2.75) is 25.9 Å². The summed E-state index contributed by atoms with van der Waals surface area (Å²) in [6, 6.07) is 12.1. The van der Waals surface area contributed by atoms with E-state index in [2.05, 4.69) is 21.2 Å². The van der Waals surface area contributed by atoms with E-state index >= 15 is 0 Å². The summed E-state index contributed by atoms with van der Waals surface area (Å²) in [5.74, 6) is 1.74. The molecule has 1 aromatic carbocycles. The summed E-state index contributed by atoms with van der Waals surface area (Å²) in [5, 5.41) is 12.4. The van der Waals surface area contributed by atoms with Gasteiger partial charge in [-0.3, -0.25) is 0 Å². The number of halogens is 2. The molecule has 0 fully saturated rings. The van der Waals surface area contributed by atoms with Crippen molar-refractivity contribution in [3.05, 3.63) is 46.6 Å². The third kappa shape index (κ3) is 4.63. The van der Waals surface area contributed by atoms with Crippen molar-refractivity contribution in [1.29, 1.82) is 0 Å². The van der Waals surface area contributed by atoms with E-state index in [0.29, 0.717) is 6.54 Å². The van der Waals surface area contributed by atoms with Gasteiger partial charge in [-0.1, -0.05) is 35.0 Å². The molecule has 0 bridgehead atoms. The summed E-state index contributed by atoms with van der Waals surface area (Å²) >= 11 is 3.42. The molecule has 0 amide bonds. The number of hydrogen-bond acceptors (Lipinski definition) is 3. The molecule has 0 aliphatic rings. The van der Waals surface area contributed by atoms with E-state index in [4.69, 9.17) is 9.52 Å². The molecular weight excluding hydrogens is 342 g/mol. The van der Waals surface area contributed by atoms with Gasteiger partial charge < -0.3 is 14.8 Å². The maximum Gasteiger partial charge on any atom is 0.134 e. The number of nitrogens with one attached hydrogen (secondary N) is 1. The molecule has 3 nitrogen and oxygen atoms in total. The molecule has 5 heteroatoms. The molecule has 1 heterocycles. The number of aliphatic hydroxyl groups is 1. The molecule has 0 saturated carbocycles. The average molecular weight is 361 g/mol. The second kappa shape index (κ2) is 8.47. The van der Waals surface area contributed by atoms with Crippen LogP contribution < -0.4 is 5.32 Å². The summed E-state index contributed by atoms with van der Waals surface area (Å²) in [6.07, 6.45) is 0.900. The van der Waals surface area contributed by atoms with Crippen molar-refractivity contribution < 1.29 is 9.52 Å². The van der Waals surface area contributed by atoms with Crippen molar-refractivity contribution in [1.82, 2.24) is 5.32 Å². The molecule has 2 rings (SSSR count). The number of aliphatic hydroxyl groups excluding tert-OH is 1. The van der Waals surface area contributed by atoms with Gasteiger partial charge in [-0.05, 0) is 30.7 Å². The van der Waals surface area contributed by atoms with Crippen LogP contribution in [0, 0.1) is 0 Å². The highest BCUT2D eigenvalue weighted by Gasteiger charge is 2.07. The van der Waals surface area contributed by atoms with Crippen LogP contribution in [0.15, 0.2) is 45.3 Å². The second-order valence-electron chi connectivity index (χ2n) is 4.44. The summed E-state index contributed by atoms with van der Waals surface area (Å²) in [4.78, 5) is 0. The van der Waals surface area contributed by atoms with Gasteiger partial charge in [0.2, 0.25) is 0 Å². The van der Waals surface area contributed by atoms with E-state index in [1.165, 1.54) is 0 Å². The van der Waals surface area contributed by atoms with Gasteiger partial charge in [0, 0.05) is 16.1 Å². The van der Waals surface area contributed by atoms with Crippen LogP contribution in [0.25, 0.3) is 11.3 Å². The first kappa shape index (κ1) is 17.2. The summed E-state index contributed by atoms with van der Waals surface area (Å²) in [6.45, 7) is 2.83. The van der Waals surface area contributed by atoms with Crippen LogP contribution >= 0.6 is 28.3 Å². The SMILES string of the molecule is CCC(CO)NCc1ccc(-c2ccc(Br)cc2)o1.Cl. The zero-order chi connectivity index (χ0) is 13.7. The fraction of sp³-hybridized carbons (Fsp3) is 0.333. The van der Waals surface area contributed by atoms with E-state index in [1.54, 1.807) is 0 Å². The molecule has 110 valence electrons. The monoisotopic (exact) mass is 359 g/mol. The van der Waals surface area contributed by atoms with Gasteiger partial charge in [0.15, 0.2) is 0 Å². The van der Waals surface area contributed by atoms with Gasteiger partial charge in [-0.2, -0.15) is 0 Å². The lowest BCUT2D eigenvalue weighted by atomic mass is 10.2. The molecule has 0 aliphatic heterocycles. The Balaban J connectivity index is 0.00000200. The number of hydrogen-bond donors (Lipinski definition) is 2. The summed E-state index contributed by atoms with van der Waals surface area (Å²) in [5.41, 5.74) is 1.06. The fourth-order valence-electron chi connectivity index (χ4n) is 1.83. The van der Waals surface area contributed by atoms with Crippen molar-refractivity contribution in [2.24, 2.45) is 0 Å².